The Morgan fingerprint density at radius 1 is 0.949 bits per heavy atom. The molecule has 0 saturated heterocycles. The number of nitrogens with one attached hydrogen (secondary N) is 1. The molecule has 0 saturated carbocycles. The third-order valence-corrected chi connectivity index (χ3v) is 5.39. The molecule has 2 rings (SSSR count). The molecule has 0 unspecified atom stereocenters. The van der Waals surface area contributed by atoms with Crippen molar-refractivity contribution in [1.29, 1.82) is 0 Å². The summed E-state index contributed by atoms with van der Waals surface area (Å²) in [5.41, 5.74) is 1.80. The number of methoxy groups -OCH3 is 1. The van der Waals surface area contributed by atoms with E-state index in [0.29, 0.717) is 44.2 Å². The first kappa shape index (κ1) is 33.7. The van der Waals surface area contributed by atoms with E-state index in [1.54, 1.807) is 12.0 Å². The van der Waals surface area contributed by atoms with Gasteiger partial charge in [0.25, 0.3) is 0 Å². The Bertz CT molecular complexity index is 1040. The molecular formula is C32H48N2O5. The van der Waals surface area contributed by atoms with Crippen molar-refractivity contribution in [3.05, 3.63) is 59.7 Å². The van der Waals surface area contributed by atoms with Crippen molar-refractivity contribution < 1.29 is 23.9 Å². The van der Waals surface area contributed by atoms with Gasteiger partial charge >= 0.3 is 0 Å². The van der Waals surface area contributed by atoms with E-state index in [9.17, 15) is 14.4 Å². The van der Waals surface area contributed by atoms with Crippen molar-refractivity contribution in [2.45, 2.75) is 75.0 Å². The lowest BCUT2D eigenvalue weighted by Gasteiger charge is -2.26. The van der Waals surface area contributed by atoms with Crippen LogP contribution < -0.4 is 14.8 Å². The number of benzene rings is 2. The minimum Gasteiger partial charge on any atom is -0.493 e. The molecule has 0 heterocycles. The third-order valence-electron chi connectivity index (χ3n) is 5.39. The zero-order valence-electron chi connectivity index (χ0n) is 25.3. The minimum absolute atomic E-state index is 0.000956. The van der Waals surface area contributed by atoms with E-state index in [-0.39, 0.29) is 28.6 Å². The Hall–Kier alpha value is -3.35. The summed E-state index contributed by atoms with van der Waals surface area (Å²) in [7, 11) is 1.61. The minimum atomic E-state index is -0.139. The highest BCUT2D eigenvalue weighted by atomic mass is 16.5. The SMILES string of the molecule is CC(C)(C)C=O.COc1cc(CN(CCNC(=O)CC(C)(C)C)C(=O)C(C)C)ccc1OCc1ccccc1. The van der Waals surface area contributed by atoms with Gasteiger partial charge in [0, 0.05) is 37.4 Å². The van der Waals surface area contributed by atoms with Crippen molar-refractivity contribution >= 4 is 18.1 Å². The van der Waals surface area contributed by atoms with Crippen molar-refractivity contribution in [2.24, 2.45) is 16.7 Å². The lowest BCUT2D eigenvalue weighted by molar-refractivity contribution is -0.135. The highest BCUT2D eigenvalue weighted by Crippen LogP contribution is 2.29. The summed E-state index contributed by atoms with van der Waals surface area (Å²) in [5, 5.41) is 2.94. The van der Waals surface area contributed by atoms with Crippen molar-refractivity contribution in [3.8, 4) is 11.5 Å². The molecule has 0 aliphatic heterocycles. The maximum absolute atomic E-state index is 12.8. The molecule has 0 aromatic heterocycles. The number of carbonyl (C=O) groups excluding carboxylic acids is 3. The summed E-state index contributed by atoms with van der Waals surface area (Å²) in [6.45, 7) is 17.2. The number of rotatable bonds is 11. The molecule has 0 aliphatic rings. The van der Waals surface area contributed by atoms with Crippen LogP contribution in [0.5, 0.6) is 11.5 Å². The van der Waals surface area contributed by atoms with Crippen LogP contribution in [0.1, 0.15) is 72.9 Å². The Balaban J connectivity index is 0.00000113. The largest absolute Gasteiger partial charge is 0.493 e. The van der Waals surface area contributed by atoms with Gasteiger partial charge in [-0.3, -0.25) is 9.59 Å². The van der Waals surface area contributed by atoms with E-state index in [0.717, 1.165) is 17.4 Å². The van der Waals surface area contributed by atoms with Crippen molar-refractivity contribution in [2.75, 3.05) is 20.2 Å². The smallest absolute Gasteiger partial charge is 0.225 e. The Morgan fingerprint density at radius 3 is 2.08 bits per heavy atom. The van der Waals surface area contributed by atoms with Crippen LogP contribution in [-0.2, 0) is 27.5 Å². The second-order valence-electron chi connectivity index (χ2n) is 12.2. The van der Waals surface area contributed by atoms with Crippen molar-refractivity contribution in [1.82, 2.24) is 10.2 Å². The first-order valence-electron chi connectivity index (χ1n) is 13.5. The van der Waals surface area contributed by atoms with Gasteiger partial charge in [-0.15, -0.1) is 0 Å². The second kappa shape index (κ2) is 15.9. The molecular weight excluding hydrogens is 492 g/mol. The summed E-state index contributed by atoms with van der Waals surface area (Å²) in [5.74, 6) is 1.19. The number of nitrogens with zero attached hydrogens (tertiary/aromatic N) is 1. The van der Waals surface area contributed by atoms with Gasteiger partial charge in [-0.05, 0) is 28.7 Å². The number of hydrogen-bond donors (Lipinski definition) is 1. The number of carbonyl (C=O) groups is 3. The van der Waals surface area contributed by atoms with Crippen LogP contribution in [-0.4, -0.2) is 43.2 Å². The fourth-order valence-electron chi connectivity index (χ4n) is 3.39. The second-order valence-corrected chi connectivity index (χ2v) is 12.2. The molecule has 7 nitrogen and oxygen atoms in total. The number of ether oxygens (including phenoxy) is 2. The molecule has 7 heteroatoms. The normalized spacial score (nSPS) is 11.2. The Morgan fingerprint density at radius 2 is 1.56 bits per heavy atom. The topological polar surface area (TPSA) is 84.9 Å². The van der Waals surface area contributed by atoms with Crippen LogP contribution in [0, 0.1) is 16.7 Å². The van der Waals surface area contributed by atoms with Crippen LogP contribution in [0.3, 0.4) is 0 Å². The molecule has 0 spiro atoms. The standard InChI is InChI=1S/C27H38N2O4.C5H10O/c1-20(2)26(31)29(15-14-28-25(30)17-27(3,4)5)18-22-12-13-23(24(16-22)32-6)33-19-21-10-8-7-9-11-21;1-5(2,3)4-6/h7-13,16,20H,14-15,17-19H2,1-6H3,(H,28,30);4H,1-3H3. The number of amides is 2. The van der Waals surface area contributed by atoms with Crippen LogP contribution >= 0.6 is 0 Å². The number of aldehydes is 1. The molecule has 2 amide bonds. The third kappa shape index (κ3) is 14.4. The van der Waals surface area contributed by atoms with E-state index in [2.05, 4.69) is 5.32 Å². The van der Waals surface area contributed by atoms with Crippen LogP contribution in [0.15, 0.2) is 48.5 Å². The van der Waals surface area contributed by atoms with E-state index < -0.39 is 0 Å². The summed E-state index contributed by atoms with van der Waals surface area (Å²) >= 11 is 0. The van der Waals surface area contributed by atoms with Crippen LogP contribution in [0.2, 0.25) is 0 Å². The average molecular weight is 541 g/mol. The van der Waals surface area contributed by atoms with Gasteiger partial charge < -0.3 is 24.5 Å². The Kier molecular flexibility index (Phi) is 13.7. The predicted octanol–water partition coefficient (Wildman–Crippen LogP) is 6.04. The molecule has 2 aromatic carbocycles. The first-order chi connectivity index (χ1) is 18.1. The number of hydrogen-bond acceptors (Lipinski definition) is 5. The van der Waals surface area contributed by atoms with Crippen molar-refractivity contribution in [3.63, 3.8) is 0 Å². The van der Waals surface area contributed by atoms with Crippen LogP contribution in [0.25, 0.3) is 0 Å². The van der Waals surface area contributed by atoms with E-state index in [1.165, 1.54) is 0 Å². The molecule has 0 atom stereocenters. The molecule has 39 heavy (non-hydrogen) atoms. The molecule has 0 fully saturated rings. The molecule has 216 valence electrons. The van der Waals surface area contributed by atoms with Gasteiger partial charge in [0.15, 0.2) is 11.5 Å². The van der Waals surface area contributed by atoms with Gasteiger partial charge in [-0.2, -0.15) is 0 Å². The van der Waals surface area contributed by atoms with Gasteiger partial charge in [-0.25, -0.2) is 0 Å². The monoisotopic (exact) mass is 540 g/mol. The zero-order chi connectivity index (χ0) is 29.6. The lowest BCUT2D eigenvalue weighted by atomic mass is 9.92. The summed E-state index contributed by atoms with van der Waals surface area (Å²) in [6.07, 6.45) is 1.39. The fourth-order valence-corrected chi connectivity index (χ4v) is 3.39. The molecule has 0 aliphatic carbocycles. The predicted molar refractivity (Wildman–Crippen MR) is 157 cm³/mol. The summed E-state index contributed by atoms with van der Waals surface area (Å²) in [4.78, 5) is 36.5. The van der Waals surface area contributed by atoms with Gasteiger partial charge in [0.2, 0.25) is 11.8 Å². The first-order valence-corrected chi connectivity index (χ1v) is 13.5. The summed E-state index contributed by atoms with van der Waals surface area (Å²) < 4.78 is 11.5. The maximum atomic E-state index is 12.8. The van der Waals surface area contributed by atoms with Gasteiger partial charge in [-0.1, -0.05) is 91.8 Å². The van der Waals surface area contributed by atoms with Gasteiger partial charge in [0.1, 0.15) is 12.9 Å². The molecule has 1 N–H and O–H groups in total. The van der Waals surface area contributed by atoms with E-state index >= 15 is 0 Å². The van der Waals surface area contributed by atoms with Crippen LogP contribution in [0.4, 0.5) is 0 Å². The highest BCUT2D eigenvalue weighted by Gasteiger charge is 2.20. The highest BCUT2D eigenvalue weighted by molar-refractivity contribution is 5.78. The van der Waals surface area contributed by atoms with E-state index in [1.807, 2.05) is 104 Å². The Labute approximate surface area is 235 Å². The maximum Gasteiger partial charge on any atom is 0.225 e. The zero-order valence-corrected chi connectivity index (χ0v) is 25.3. The van der Waals surface area contributed by atoms with E-state index in [4.69, 9.17) is 9.47 Å². The lowest BCUT2D eigenvalue weighted by Crippen LogP contribution is -2.40. The fraction of sp³-hybridized carbons (Fsp3) is 0.531. The molecule has 2 aromatic rings. The van der Waals surface area contributed by atoms with Gasteiger partial charge in [0.05, 0.1) is 7.11 Å². The quantitative estimate of drug-likeness (QED) is 0.351. The molecule has 0 radical (unpaired) electrons. The summed E-state index contributed by atoms with van der Waals surface area (Å²) in [6, 6.07) is 15.7. The average Bonchev–Trinajstić information content (AvgIpc) is 2.86. The molecule has 0 bridgehead atoms.